The van der Waals surface area contributed by atoms with E-state index in [-0.39, 0.29) is 5.69 Å². The number of rotatable bonds is 2. The standard InChI is InChI=1S/C6H6NO6S2/c7-5-2-1-4(14(8,9)10)3-6(5)15(11,12)13/h2-3H,7H2,(H,8,9,10)(H,11,12,13). The highest BCUT2D eigenvalue weighted by Crippen LogP contribution is 2.21. The monoisotopic (exact) mass is 252 g/mol. The molecule has 15 heavy (non-hydrogen) atoms. The Morgan fingerprint density at radius 3 is 2.07 bits per heavy atom. The quantitative estimate of drug-likeness (QED) is 0.479. The highest BCUT2D eigenvalue weighted by molar-refractivity contribution is 7.86. The van der Waals surface area contributed by atoms with Gasteiger partial charge in [-0.15, -0.1) is 0 Å². The Balaban J connectivity index is 3.57. The third-order valence-corrected chi connectivity index (χ3v) is 3.17. The van der Waals surface area contributed by atoms with E-state index >= 15 is 0 Å². The lowest BCUT2D eigenvalue weighted by Gasteiger charge is -2.03. The number of nitrogens with two attached hydrogens (primary N) is 1. The van der Waals surface area contributed by atoms with Crippen LogP contribution in [0.4, 0.5) is 5.69 Å². The molecule has 0 atom stereocenters. The first-order valence-electron chi connectivity index (χ1n) is 3.38. The molecule has 1 aromatic carbocycles. The maximum Gasteiger partial charge on any atom is 0.296 e. The van der Waals surface area contributed by atoms with Crippen molar-refractivity contribution in [3.8, 4) is 0 Å². The van der Waals surface area contributed by atoms with E-state index in [4.69, 9.17) is 14.8 Å². The number of nitrogen functional groups attached to an aromatic ring is 1. The zero-order valence-corrected chi connectivity index (χ0v) is 8.71. The van der Waals surface area contributed by atoms with Gasteiger partial charge < -0.3 is 5.73 Å². The van der Waals surface area contributed by atoms with Gasteiger partial charge in [-0.1, -0.05) is 0 Å². The lowest BCUT2D eigenvalue weighted by Crippen LogP contribution is -2.06. The van der Waals surface area contributed by atoms with Crippen LogP contribution in [0.25, 0.3) is 0 Å². The Morgan fingerprint density at radius 1 is 1.13 bits per heavy atom. The number of hydrogen-bond donors (Lipinski definition) is 3. The minimum Gasteiger partial charge on any atom is -0.398 e. The van der Waals surface area contributed by atoms with Crippen molar-refractivity contribution in [1.29, 1.82) is 0 Å². The van der Waals surface area contributed by atoms with Crippen molar-refractivity contribution in [2.45, 2.75) is 9.79 Å². The number of anilines is 1. The van der Waals surface area contributed by atoms with E-state index in [0.717, 1.165) is 6.07 Å². The Kier molecular flexibility index (Phi) is 2.74. The fourth-order valence-electron chi connectivity index (χ4n) is 0.836. The van der Waals surface area contributed by atoms with Crippen molar-refractivity contribution in [2.24, 2.45) is 0 Å². The first-order valence-corrected chi connectivity index (χ1v) is 6.26. The molecule has 0 bridgehead atoms. The molecule has 0 unspecified atom stereocenters. The molecule has 9 heteroatoms. The second kappa shape index (κ2) is 3.45. The molecule has 0 aromatic heterocycles. The fourth-order valence-corrected chi connectivity index (χ4v) is 2.01. The average molecular weight is 252 g/mol. The SMILES string of the molecule is Nc1c[c]c(S(=O)(=O)O)cc1S(=O)(=O)O. The van der Waals surface area contributed by atoms with Crippen LogP contribution in [0, 0.1) is 6.07 Å². The average Bonchev–Trinajstić information content (AvgIpc) is 2.00. The van der Waals surface area contributed by atoms with E-state index in [0.29, 0.717) is 6.07 Å². The summed E-state index contributed by atoms with van der Waals surface area (Å²) in [6, 6.07) is 3.39. The van der Waals surface area contributed by atoms with E-state index in [1.807, 2.05) is 0 Å². The molecule has 1 rings (SSSR count). The van der Waals surface area contributed by atoms with Crippen LogP contribution < -0.4 is 5.73 Å². The van der Waals surface area contributed by atoms with Crippen LogP contribution in [0.1, 0.15) is 0 Å². The molecular weight excluding hydrogens is 246 g/mol. The summed E-state index contributed by atoms with van der Waals surface area (Å²) in [6.45, 7) is 0. The van der Waals surface area contributed by atoms with Gasteiger partial charge in [0.15, 0.2) is 0 Å². The maximum absolute atomic E-state index is 10.7. The Hall–Kier alpha value is -1.16. The minimum atomic E-state index is -4.64. The molecular formula is C6H6NO6S2. The topological polar surface area (TPSA) is 135 Å². The van der Waals surface area contributed by atoms with Crippen LogP contribution in [0.5, 0.6) is 0 Å². The molecule has 0 amide bonds. The zero-order chi connectivity index (χ0) is 11.9. The molecule has 0 aliphatic carbocycles. The van der Waals surface area contributed by atoms with Gasteiger partial charge in [0.1, 0.15) is 9.79 Å². The van der Waals surface area contributed by atoms with Crippen molar-refractivity contribution >= 4 is 25.9 Å². The molecule has 1 aromatic rings. The van der Waals surface area contributed by atoms with Crippen molar-refractivity contribution in [3.05, 3.63) is 18.2 Å². The molecule has 0 fully saturated rings. The smallest absolute Gasteiger partial charge is 0.296 e. The van der Waals surface area contributed by atoms with Crippen molar-refractivity contribution in [3.63, 3.8) is 0 Å². The van der Waals surface area contributed by atoms with Crippen LogP contribution in [0.15, 0.2) is 21.9 Å². The van der Waals surface area contributed by atoms with Gasteiger partial charge in [-0.05, 0) is 12.1 Å². The van der Waals surface area contributed by atoms with E-state index in [9.17, 15) is 16.8 Å². The predicted octanol–water partition coefficient (Wildman–Crippen LogP) is -0.438. The van der Waals surface area contributed by atoms with Gasteiger partial charge in [0.25, 0.3) is 20.2 Å². The lowest BCUT2D eigenvalue weighted by molar-refractivity contribution is 0.481. The molecule has 0 aliphatic rings. The normalized spacial score (nSPS) is 12.7. The van der Waals surface area contributed by atoms with Crippen molar-refractivity contribution in [1.82, 2.24) is 0 Å². The van der Waals surface area contributed by atoms with E-state index in [1.165, 1.54) is 0 Å². The van der Waals surface area contributed by atoms with Crippen LogP contribution in [0.2, 0.25) is 0 Å². The molecule has 0 spiro atoms. The third-order valence-electron chi connectivity index (χ3n) is 1.47. The van der Waals surface area contributed by atoms with Gasteiger partial charge in [-0.2, -0.15) is 16.8 Å². The summed E-state index contributed by atoms with van der Waals surface area (Å²) in [4.78, 5) is -1.58. The molecule has 7 nitrogen and oxygen atoms in total. The second-order valence-corrected chi connectivity index (χ2v) is 5.35. The van der Waals surface area contributed by atoms with Crippen LogP contribution in [-0.4, -0.2) is 25.9 Å². The summed E-state index contributed by atoms with van der Waals surface area (Å²) in [7, 11) is -9.23. The molecule has 83 valence electrons. The lowest BCUT2D eigenvalue weighted by atomic mass is 10.3. The summed E-state index contributed by atoms with van der Waals surface area (Å²) in [5.41, 5.74) is 4.80. The summed E-state index contributed by atoms with van der Waals surface area (Å²) in [5.74, 6) is 0. The van der Waals surface area contributed by atoms with E-state index in [1.54, 1.807) is 0 Å². The van der Waals surface area contributed by atoms with Crippen LogP contribution in [-0.2, 0) is 20.2 Å². The first-order chi connectivity index (χ1) is 6.62. The summed E-state index contributed by atoms with van der Waals surface area (Å²) >= 11 is 0. The molecule has 0 saturated heterocycles. The van der Waals surface area contributed by atoms with Gasteiger partial charge >= 0.3 is 0 Å². The second-order valence-electron chi connectivity index (χ2n) is 2.57. The molecule has 0 aliphatic heterocycles. The molecule has 0 heterocycles. The predicted molar refractivity (Wildman–Crippen MR) is 49.3 cm³/mol. The highest BCUT2D eigenvalue weighted by atomic mass is 32.2. The Bertz CT molecular complexity index is 588. The van der Waals surface area contributed by atoms with Gasteiger partial charge in [0, 0.05) is 6.07 Å². The van der Waals surface area contributed by atoms with Crippen LogP contribution >= 0.6 is 0 Å². The largest absolute Gasteiger partial charge is 0.398 e. The van der Waals surface area contributed by atoms with Crippen LogP contribution in [0.3, 0.4) is 0 Å². The Labute approximate surface area is 86.0 Å². The highest BCUT2D eigenvalue weighted by Gasteiger charge is 2.19. The Morgan fingerprint density at radius 2 is 1.67 bits per heavy atom. The zero-order valence-electron chi connectivity index (χ0n) is 7.08. The van der Waals surface area contributed by atoms with E-state index < -0.39 is 30.0 Å². The van der Waals surface area contributed by atoms with E-state index in [2.05, 4.69) is 6.07 Å². The molecule has 1 radical (unpaired) electrons. The van der Waals surface area contributed by atoms with Crippen molar-refractivity contribution in [2.75, 3.05) is 5.73 Å². The molecule has 0 saturated carbocycles. The number of hydrogen-bond acceptors (Lipinski definition) is 5. The fraction of sp³-hybridized carbons (Fsp3) is 0. The van der Waals surface area contributed by atoms with Gasteiger partial charge in [-0.25, -0.2) is 0 Å². The van der Waals surface area contributed by atoms with Gasteiger partial charge in [-0.3, -0.25) is 9.11 Å². The summed E-state index contributed by atoms with van der Waals surface area (Å²) in [6.07, 6.45) is 0. The molecule has 4 N–H and O–H groups in total. The van der Waals surface area contributed by atoms with Gasteiger partial charge in [0.2, 0.25) is 0 Å². The maximum atomic E-state index is 10.7. The van der Waals surface area contributed by atoms with Crippen molar-refractivity contribution < 1.29 is 25.9 Å². The third kappa shape index (κ3) is 2.65. The number of benzene rings is 1. The minimum absolute atomic E-state index is 0.370. The summed E-state index contributed by atoms with van der Waals surface area (Å²) < 4.78 is 60.0. The van der Waals surface area contributed by atoms with Gasteiger partial charge in [0.05, 0.1) is 5.69 Å². The summed E-state index contributed by atoms with van der Waals surface area (Å²) in [5, 5.41) is 0. The first kappa shape index (κ1) is 11.9.